The van der Waals surface area contributed by atoms with Gasteiger partial charge in [-0.2, -0.15) is 5.10 Å². The maximum atomic E-state index is 13.8. The number of hydrogen-bond acceptors (Lipinski definition) is 7. The van der Waals surface area contributed by atoms with Crippen LogP contribution in [0.3, 0.4) is 0 Å². The number of hydrogen-bond donors (Lipinski definition) is 4. The number of halogens is 1. The van der Waals surface area contributed by atoms with Crippen LogP contribution in [0.15, 0.2) is 48.7 Å². The van der Waals surface area contributed by atoms with Gasteiger partial charge in [-0.05, 0) is 106 Å². The first-order chi connectivity index (χ1) is 24.9. The number of fused-ring (bicyclic) bond motifs is 1. The zero-order chi connectivity index (χ0) is 35.4. The van der Waals surface area contributed by atoms with E-state index in [1.165, 1.54) is 18.4 Å². The van der Waals surface area contributed by atoms with E-state index in [1.807, 2.05) is 23.0 Å². The lowest BCUT2D eigenvalue weighted by Crippen LogP contribution is -2.42. The van der Waals surface area contributed by atoms with Crippen LogP contribution in [0, 0.1) is 11.3 Å². The van der Waals surface area contributed by atoms with Crippen molar-refractivity contribution in [1.29, 1.82) is 0 Å². The number of anilines is 1. The van der Waals surface area contributed by atoms with Crippen LogP contribution in [0.4, 0.5) is 5.69 Å². The monoisotopic (exact) mass is 711 g/mol. The lowest BCUT2D eigenvalue weighted by molar-refractivity contribution is -0.137. The fourth-order valence-electron chi connectivity index (χ4n) is 7.66. The largest absolute Gasteiger partial charge is 0.381 e. The lowest BCUT2D eigenvalue weighted by Gasteiger charge is -2.27. The molecule has 2 aromatic carbocycles. The van der Waals surface area contributed by atoms with Gasteiger partial charge >= 0.3 is 0 Å². The molecule has 4 heterocycles. The average Bonchev–Trinajstić information content (AvgIpc) is 3.88. The highest BCUT2D eigenvalue weighted by molar-refractivity contribution is 6.33. The average molecular weight is 712 g/mol. The highest BCUT2D eigenvalue weighted by Gasteiger charge is 2.56. The fraction of sp³-hybridized carbons (Fsp3) is 0.500. The summed E-state index contributed by atoms with van der Waals surface area (Å²) in [6.07, 6.45) is 8.89. The Balaban J connectivity index is 1.03. The number of benzene rings is 2. The molecule has 1 aliphatic carbocycles. The molecule has 0 atom stereocenters. The number of nitrogens with zero attached hydrogens (tertiary/aromatic N) is 3. The van der Waals surface area contributed by atoms with Crippen molar-refractivity contribution in [3.63, 3.8) is 0 Å². The molecular weight excluding hydrogens is 662 g/mol. The number of carbonyl (C=O) groups excluding carboxylic acids is 2. The summed E-state index contributed by atoms with van der Waals surface area (Å²) in [5.41, 5.74) is 6.88. The third-order valence-corrected chi connectivity index (χ3v) is 11.3. The second kappa shape index (κ2) is 15.7. The van der Waals surface area contributed by atoms with E-state index >= 15 is 0 Å². The van der Waals surface area contributed by atoms with E-state index in [0.717, 1.165) is 77.0 Å². The van der Waals surface area contributed by atoms with Gasteiger partial charge in [0.05, 0.1) is 17.3 Å². The summed E-state index contributed by atoms with van der Waals surface area (Å²) in [6.45, 7) is 9.04. The van der Waals surface area contributed by atoms with Gasteiger partial charge in [0.15, 0.2) is 5.65 Å². The van der Waals surface area contributed by atoms with Crippen LogP contribution in [0.5, 0.6) is 0 Å². The molecule has 11 heteroatoms. The van der Waals surface area contributed by atoms with Crippen LogP contribution in [0.2, 0.25) is 5.02 Å². The Morgan fingerprint density at radius 3 is 2.47 bits per heavy atom. The van der Waals surface area contributed by atoms with Crippen molar-refractivity contribution in [1.82, 2.24) is 30.7 Å². The lowest BCUT2D eigenvalue weighted by atomic mass is 9.90. The minimum Gasteiger partial charge on any atom is -0.381 e. The summed E-state index contributed by atoms with van der Waals surface area (Å²) in [4.78, 5) is 32.4. The molecule has 4 N–H and O–H groups in total. The smallest absolute Gasteiger partial charge is 0.235 e. The number of ether oxygens (including phenoxy) is 1. The molecule has 3 aliphatic rings. The number of pyridine rings is 1. The third kappa shape index (κ3) is 7.78. The molecule has 0 spiro atoms. The number of aromatic nitrogens is 3. The van der Waals surface area contributed by atoms with Gasteiger partial charge in [-0.1, -0.05) is 48.9 Å². The van der Waals surface area contributed by atoms with Crippen LogP contribution < -0.4 is 21.3 Å². The SMILES string of the molecule is CCc1nc2c(cnn2CC)c(NC2CCOCC2)c1CNC(=O)C1(C(=O)NCc2ccc(Cl)c(-c3cccc(CC4CCNCC4)c3)c2)CC1. The minimum atomic E-state index is -1.07. The Morgan fingerprint density at radius 2 is 1.75 bits per heavy atom. The van der Waals surface area contributed by atoms with Gasteiger partial charge in [0, 0.05) is 60.7 Å². The van der Waals surface area contributed by atoms with E-state index in [-0.39, 0.29) is 24.4 Å². The molecule has 2 aliphatic heterocycles. The number of amides is 2. The number of carbonyl (C=O) groups is 2. The van der Waals surface area contributed by atoms with E-state index < -0.39 is 5.41 Å². The molecule has 51 heavy (non-hydrogen) atoms. The molecule has 3 fully saturated rings. The fourth-order valence-corrected chi connectivity index (χ4v) is 7.89. The molecule has 2 amide bonds. The van der Waals surface area contributed by atoms with Crippen molar-refractivity contribution in [2.75, 3.05) is 31.6 Å². The normalized spacial score (nSPS) is 17.7. The van der Waals surface area contributed by atoms with Crippen molar-refractivity contribution >= 4 is 40.1 Å². The Labute approximate surface area is 305 Å². The highest BCUT2D eigenvalue weighted by Crippen LogP contribution is 2.46. The second-order valence-corrected chi connectivity index (χ2v) is 14.8. The number of rotatable bonds is 13. The molecule has 7 rings (SSSR count). The van der Waals surface area contributed by atoms with Gasteiger partial charge < -0.3 is 26.0 Å². The second-order valence-electron chi connectivity index (χ2n) is 14.4. The van der Waals surface area contributed by atoms with Gasteiger partial charge in [-0.25, -0.2) is 9.67 Å². The van der Waals surface area contributed by atoms with Crippen molar-refractivity contribution in [3.05, 3.63) is 76.1 Å². The van der Waals surface area contributed by atoms with Gasteiger partial charge in [0.25, 0.3) is 0 Å². The summed E-state index contributed by atoms with van der Waals surface area (Å²) < 4.78 is 7.51. The van der Waals surface area contributed by atoms with Gasteiger partial charge in [-0.3, -0.25) is 9.59 Å². The van der Waals surface area contributed by atoms with Crippen molar-refractivity contribution < 1.29 is 14.3 Å². The van der Waals surface area contributed by atoms with Crippen LogP contribution in [-0.2, 0) is 46.8 Å². The van der Waals surface area contributed by atoms with Crippen molar-refractivity contribution in [2.24, 2.45) is 11.3 Å². The summed E-state index contributed by atoms with van der Waals surface area (Å²) in [5.74, 6) is 0.210. The van der Waals surface area contributed by atoms with Crippen LogP contribution in [0.25, 0.3) is 22.2 Å². The molecule has 0 radical (unpaired) electrons. The minimum absolute atomic E-state index is 0.241. The number of aryl methyl sites for hydroxylation is 2. The Hall–Kier alpha value is -3.99. The van der Waals surface area contributed by atoms with Gasteiger partial charge in [0.1, 0.15) is 5.41 Å². The first-order valence-corrected chi connectivity index (χ1v) is 19.1. The number of piperidine rings is 1. The topological polar surface area (TPSA) is 122 Å². The maximum absolute atomic E-state index is 13.8. The van der Waals surface area contributed by atoms with Gasteiger partial charge in [0.2, 0.25) is 11.8 Å². The molecule has 2 saturated heterocycles. The molecule has 4 aromatic rings. The Bertz CT molecular complexity index is 1880. The quantitative estimate of drug-likeness (QED) is 0.122. The predicted octanol–water partition coefficient (Wildman–Crippen LogP) is 6.18. The standard InChI is InChI=1S/C40H50ClN7O3/c1-3-35-32(36(46-30-12-18-51-19-13-30)33-25-45-48(4-2)37(33)47-35)24-44-39(50)40(14-15-40)38(49)43-23-28-8-9-34(41)31(22-28)29-7-5-6-27(21-29)20-26-10-16-42-17-11-26/h5-9,21-22,25-26,30,42H,3-4,10-20,23-24H2,1-2H3,(H,43,49)(H,44,50)(H,46,47). The van der Waals surface area contributed by atoms with Gasteiger partial charge in [-0.15, -0.1) is 0 Å². The molecule has 270 valence electrons. The summed E-state index contributed by atoms with van der Waals surface area (Å²) in [7, 11) is 0. The Morgan fingerprint density at radius 1 is 0.980 bits per heavy atom. The van der Waals surface area contributed by atoms with Crippen LogP contribution in [0.1, 0.15) is 74.8 Å². The molecule has 10 nitrogen and oxygen atoms in total. The van der Waals surface area contributed by atoms with E-state index in [2.05, 4.69) is 70.5 Å². The molecular formula is C40H50ClN7O3. The maximum Gasteiger partial charge on any atom is 0.235 e. The van der Waals surface area contributed by atoms with Crippen LogP contribution in [-0.4, -0.2) is 58.9 Å². The van der Waals surface area contributed by atoms with Crippen molar-refractivity contribution in [2.45, 2.75) is 90.9 Å². The molecule has 1 saturated carbocycles. The zero-order valence-electron chi connectivity index (χ0n) is 29.8. The number of nitrogens with one attached hydrogen (secondary N) is 4. The van der Waals surface area contributed by atoms with Crippen LogP contribution >= 0.6 is 11.6 Å². The van der Waals surface area contributed by atoms with E-state index in [9.17, 15) is 9.59 Å². The third-order valence-electron chi connectivity index (χ3n) is 10.9. The molecule has 0 bridgehead atoms. The highest BCUT2D eigenvalue weighted by atomic mass is 35.5. The van der Waals surface area contributed by atoms with E-state index in [1.54, 1.807) is 0 Å². The summed E-state index contributed by atoms with van der Waals surface area (Å²) in [5, 5.41) is 19.6. The van der Waals surface area contributed by atoms with E-state index in [4.69, 9.17) is 21.3 Å². The van der Waals surface area contributed by atoms with Crippen molar-refractivity contribution in [3.8, 4) is 11.1 Å². The summed E-state index contributed by atoms with van der Waals surface area (Å²) in [6, 6.07) is 14.8. The van der Waals surface area contributed by atoms with E-state index in [0.29, 0.717) is 56.5 Å². The first kappa shape index (κ1) is 35.4. The Kier molecular flexibility index (Phi) is 10.9. The molecule has 2 aromatic heterocycles. The first-order valence-electron chi connectivity index (χ1n) is 18.7. The molecule has 0 unspecified atom stereocenters. The predicted molar refractivity (Wildman–Crippen MR) is 202 cm³/mol. The zero-order valence-corrected chi connectivity index (χ0v) is 30.6. The summed E-state index contributed by atoms with van der Waals surface area (Å²) >= 11 is 6.71.